The Morgan fingerprint density at radius 3 is 2.93 bits per heavy atom. The van der Waals surface area contributed by atoms with Crippen LogP contribution in [-0.2, 0) is 16.0 Å². The highest BCUT2D eigenvalue weighted by Gasteiger charge is 2.43. The number of rotatable bonds is 9. The fourth-order valence-corrected chi connectivity index (χ4v) is 5.06. The monoisotopic (exact) mass is 436 g/mol. The van der Waals surface area contributed by atoms with Crippen molar-refractivity contribution in [3.63, 3.8) is 0 Å². The molecule has 1 saturated carbocycles. The SMILES string of the molecule is O=C(O)CCC[C@H]1CC[C@@H]2[C@@H](/C=C/[C@@H](O)CCc3cccc(Cl)c3)[C@H](O)C[C@@H]2OC1. The summed E-state index contributed by atoms with van der Waals surface area (Å²) in [6.45, 7) is 0.645. The van der Waals surface area contributed by atoms with Crippen LogP contribution in [0.25, 0.3) is 0 Å². The van der Waals surface area contributed by atoms with Crippen LogP contribution in [-0.4, -0.2) is 46.2 Å². The fraction of sp³-hybridized carbons (Fsp3) is 0.625. The van der Waals surface area contributed by atoms with Crippen molar-refractivity contribution in [1.29, 1.82) is 0 Å². The molecule has 2 aliphatic rings. The number of carboxylic acid groups (broad SMARTS) is 1. The van der Waals surface area contributed by atoms with Gasteiger partial charge in [0, 0.05) is 30.4 Å². The molecule has 30 heavy (non-hydrogen) atoms. The van der Waals surface area contributed by atoms with Crippen molar-refractivity contribution < 1.29 is 24.9 Å². The summed E-state index contributed by atoms with van der Waals surface area (Å²) in [5.74, 6) is -0.113. The van der Waals surface area contributed by atoms with E-state index in [1.165, 1.54) is 0 Å². The smallest absolute Gasteiger partial charge is 0.303 e. The van der Waals surface area contributed by atoms with Gasteiger partial charge in [0.05, 0.1) is 18.3 Å². The molecule has 1 aromatic rings. The molecule has 0 spiro atoms. The second-order valence-corrected chi connectivity index (χ2v) is 9.20. The molecule has 6 heteroatoms. The number of hydrogen-bond acceptors (Lipinski definition) is 4. The molecule has 0 unspecified atom stereocenters. The van der Waals surface area contributed by atoms with Gasteiger partial charge in [-0.2, -0.15) is 0 Å². The average molecular weight is 437 g/mol. The van der Waals surface area contributed by atoms with Crippen molar-refractivity contribution in [2.75, 3.05) is 6.61 Å². The number of aliphatic hydroxyl groups excluding tert-OH is 2. The number of halogens is 1. The molecule has 1 saturated heterocycles. The second kappa shape index (κ2) is 11.3. The van der Waals surface area contributed by atoms with Crippen LogP contribution in [0.3, 0.4) is 0 Å². The van der Waals surface area contributed by atoms with Gasteiger partial charge in [-0.1, -0.05) is 35.9 Å². The van der Waals surface area contributed by atoms with E-state index >= 15 is 0 Å². The highest BCUT2D eigenvalue weighted by atomic mass is 35.5. The zero-order valence-corrected chi connectivity index (χ0v) is 18.1. The molecule has 0 radical (unpaired) electrons. The van der Waals surface area contributed by atoms with Crippen molar-refractivity contribution in [3.8, 4) is 0 Å². The van der Waals surface area contributed by atoms with Crippen molar-refractivity contribution in [3.05, 3.63) is 47.0 Å². The lowest BCUT2D eigenvalue weighted by Crippen LogP contribution is -2.21. The molecule has 3 N–H and O–H groups in total. The van der Waals surface area contributed by atoms with Crippen LogP contribution in [0.2, 0.25) is 5.02 Å². The quantitative estimate of drug-likeness (QED) is 0.504. The summed E-state index contributed by atoms with van der Waals surface area (Å²) in [5, 5.41) is 30.4. The van der Waals surface area contributed by atoms with Gasteiger partial charge in [-0.3, -0.25) is 4.79 Å². The Bertz CT molecular complexity index is 721. The topological polar surface area (TPSA) is 87.0 Å². The lowest BCUT2D eigenvalue weighted by atomic mass is 9.86. The first-order valence-corrected chi connectivity index (χ1v) is 11.4. The van der Waals surface area contributed by atoms with Crippen LogP contribution in [0.5, 0.6) is 0 Å². The Hall–Kier alpha value is -1.40. The maximum absolute atomic E-state index is 10.7. The molecule has 1 aliphatic heterocycles. The molecule has 1 aliphatic carbocycles. The third kappa shape index (κ3) is 6.81. The van der Waals surface area contributed by atoms with E-state index in [0.29, 0.717) is 36.8 Å². The van der Waals surface area contributed by atoms with E-state index in [1.54, 1.807) is 0 Å². The zero-order chi connectivity index (χ0) is 21.5. The Morgan fingerprint density at radius 2 is 2.17 bits per heavy atom. The summed E-state index contributed by atoms with van der Waals surface area (Å²) >= 11 is 6.01. The minimum atomic E-state index is -0.747. The molecular weight excluding hydrogens is 404 g/mol. The van der Waals surface area contributed by atoms with E-state index < -0.39 is 18.2 Å². The van der Waals surface area contributed by atoms with Crippen LogP contribution in [0.15, 0.2) is 36.4 Å². The highest BCUT2D eigenvalue weighted by molar-refractivity contribution is 6.30. The molecular formula is C24H33ClO5. The van der Waals surface area contributed by atoms with Crippen molar-refractivity contribution in [2.45, 2.75) is 69.7 Å². The molecule has 0 amide bonds. The predicted octanol–water partition coefficient (Wildman–Crippen LogP) is 4.24. The zero-order valence-electron chi connectivity index (χ0n) is 17.3. The fourth-order valence-electron chi connectivity index (χ4n) is 4.84. The maximum Gasteiger partial charge on any atom is 0.303 e. The van der Waals surface area contributed by atoms with E-state index in [1.807, 2.05) is 36.4 Å². The van der Waals surface area contributed by atoms with Crippen LogP contribution in [0.4, 0.5) is 0 Å². The molecule has 5 nitrogen and oxygen atoms in total. The summed E-state index contributed by atoms with van der Waals surface area (Å²) in [6, 6.07) is 7.67. The van der Waals surface area contributed by atoms with Crippen LogP contribution >= 0.6 is 11.6 Å². The van der Waals surface area contributed by atoms with Gasteiger partial charge < -0.3 is 20.1 Å². The van der Waals surface area contributed by atoms with Crippen LogP contribution in [0.1, 0.15) is 50.5 Å². The maximum atomic E-state index is 10.7. The number of hydrogen-bond donors (Lipinski definition) is 3. The number of benzene rings is 1. The first kappa shape index (κ1) is 23.3. The number of ether oxygens (including phenoxy) is 1. The predicted molar refractivity (Wildman–Crippen MR) is 116 cm³/mol. The van der Waals surface area contributed by atoms with E-state index in [9.17, 15) is 15.0 Å². The molecule has 1 aromatic carbocycles. The molecule has 3 rings (SSSR count). The minimum Gasteiger partial charge on any atom is -0.481 e. The van der Waals surface area contributed by atoms with Gasteiger partial charge in [0.1, 0.15) is 0 Å². The van der Waals surface area contributed by atoms with Crippen LogP contribution < -0.4 is 0 Å². The molecule has 1 heterocycles. The van der Waals surface area contributed by atoms with Gasteiger partial charge in [-0.25, -0.2) is 0 Å². The van der Waals surface area contributed by atoms with Crippen molar-refractivity contribution >= 4 is 17.6 Å². The second-order valence-electron chi connectivity index (χ2n) is 8.77. The van der Waals surface area contributed by atoms with Gasteiger partial charge in [0.2, 0.25) is 0 Å². The summed E-state index contributed by atoms with van der Waals surface area (Å²) in [5.41, 5.74) is 1.10. The number of carboxylic acids is 1. The Morgan fingerprint density at radius 1 is 1.33 bits per heavy atom. The Balaban J connectivity index is 1.49. The van der Waals surface area contributed by atoms with E-state index in [-0.39, 0.29) is 24.4 Å². The summed E-state index contributed by atoms with van der Waals surface area (Å²) in [6.07, 6.45) is 8.53. The van der Waals surface area contributed by atoms with Gasteiger partial charge in [-0.15, -0.1) is 0 Å². The third-order valence-corrected chi connectivity index (χ3v) is 6.76. The first-order valence-electron chi connectivity index (χ1n) is 11.0. The summed E-state index contributed by atoms with van der Waals surface area (Å²) in [7, 11) is 0. The first-order chi connectivity index (χ1) is 14.4. The lowest BCUT2D eigenvalue weighted by molar-refractivity contribution is -0.137. The largest absolute Gasteiger partial charge is 0.481 e. The van der Waals surface area contributed by atoms with E-state index in [4.69, 9.17) is 21.4 Å². The Kier molecular flexibility index (Phi) is 8.75. The average Bonchev–Trinajstić information content (AvgIpc) is 2.86. The van der Waals surface area contributed by atoms with Crippen LogP contribution in [0, 0.1) is 17.8 Å². The number of carbonyl (C=O) groups is 1. The van der Waals surface area contributed by atoms with Gasteiger partial charge in [0.25, 0.3) is 0 Å². The normalized spacial score (nSPS) is 30.2. The number of fused-ring (bicyclic) bond motifs is 1. The van der Waals surface area contributed by atoms with Gasteiger partial charge in [0.15, 0.2) is 0 Å². The number of aliphatic carboxylic acids is 1. The van der Waals surface area contributed by atoms with Gasteiger partial charge in [-0.05, 0) is 68.1 Å². The Labute approximate surface area is 183 Å². The molecule has 0 aromatic heterocycles. The molecule has 6 atom stereocenters. The minimum absolute atomic E-state index is 0.00594. The highest BCUT2D eigenvalue weighted by Crippen LogP contribution is 2.42. The van der Waals surface area contributed by atoms with Crippen molar-refractivity contribution in [1.82, 2.24) is 0 Å². The molecule has 166 valence electrons. The van der Waals surface area contributed by atoms with E-state index in [0.717, 1.165) is 31.2 Å². The standard InChI is InChI=1S/C24H33ClO5/c25-18-5-1-3-16(13-18)7-9-19(26)10-12-20-21-11-8-17(4-2-6-24(28)29)15-30-23(21)14-22(20)27/h1,3,5,10,12-13,17,19-23,26-27H,2,4,6-9,11,14-15H2,(H,28,29)/b12-10+/t17-,19-,20+,21+,22+,23-/m0/s1. The number of aryl methyl sites for hydroxylation is 1. The molecule has 2 fully saturated rings. The molecule has 0 bridgehead atoms. The van der Waals surface area contributed by atoms with Crippen molar-refractivity contribution in [2.24, 2.45) is 17.8 Å². The summed E-state index contributed by atoms with van der Waals surface area (Å²) in [4.78, 5) is 10.7. The summed E-state index contributed by atoms with van der Waals surface area (Å²) < 4.78 is 6.10. The van der Waals surface area contributed by atoms with Gasteiger partial charge >= 0.3 is 5.97 Å². The third-order valence-electron chi connectivity index (χ3n) is 6.52. The lowest BCUT2D eigenvalue weighted by Gasteiger charge is -2.21. The number of aliphatic hydroxyl groups is 2. The van der Waals surface area contributed by atoms with E-state index in [2.05, 4.69) is 0 Å².